The molecule has 9 heteroatoms. The Bertz CT molecular complexity index is 1430. The van der Waals surface area contributed by atoms with E-state index in [1.807, 2.05) is 6.20 Å². The molecule has 29 heavy (non-hydrogen) atoms. The predicted octanol–water partition coefficient (Wildman–Crippen LogP) is 2.49. The van der Waals surface area contributed by atoms with Crippen LogP contribution in [0.5, 0.6) is 0 Å². The number of aryl methyl sites for hydroxylation is 1. The molecular formula is C20H14N6O3. The highest BCUT2D eigenvalue weighted by molar-refractivity contribution is 6.05. The average molecular weight is 386 g/mol. The minimum atomic E-state index is -0.449. The molecule has 0 saturated heterocycles. The van der Waals surface area contributed by atoms with Gasteiger partial charge in [-0.25, -0.2) is 9.78 Å². The molecular weight excluding hydrogens is 372 g/mol. The third kappa shape index (κ3) is 2.85. The number of hydrogen-bond donors (Lipinski definition) is 1. The molecule has 1 N–H and O–H groups in total. The summed E-state index contributed by atoms with van der Waals surface area (Å²) in [6.07, 6.45) is 3.48. The third-order valence-electron chi connectivity index (χ3n) is 4.64. The molecule has 0 aliphatic carbocycles. The average Bonchev–Trinajstić information content (AvgIpc) is 3.29. The maximum absolute atomic E-state index is 12.6. The smallest absolute Gasteiger partial charge is 0.408 e. The van der Waals surface area contributed by atoms with Gasteiger partial charge >= 0.3 is 5.76 Å². The highest BCUT2D eigenvalue weighted by Gasteiger charge is 2.12. The molecule has 5 rings (SSSR count). The van der Waals surface area contributed by atoms with Gasteiger partial charge in [0.1, 0.15) is 0 Å². The molecule has 3 aromatic heterocycles. The van der Waals surface area contributed by atoms with Gasteiger partial charge < -0.3 is 9.73 Å². The summed E-state index contributed by atoms with van der Waals surface area (Å²) in [6, 6.07) is 13.9. The Balaban J connectivity index is 1.40. The van der Waals surface area contributed by atoms with Crippen LogP contribution in [-0.4, -0.2) is 30.1 Å². The first-order chi connectivity index (χ1) is 14.1. The van der Waals surface area contributed by atoms with Crippen LogP contribution >= 0.6 is 0 Å². The SMILES string of the molecule is Cn1c(=O)oc2cc(NC(=O)c3ccc(-c4nnc5ncccn45)cc3)ccc21. The number of nitrogens with one attached hydrogen (secondary N) is 1. The molecule has 0 unspecified atom stereocenters. The molecule has 1 amide bonds. The topological polar surface area (TPSA) is 107 Å². The molecule has 142 valence electrons. The first-order valence-corrected chi connectivity index (χ1v) is 8.77. The summed E-state index contributed by atoms with van der Waals surface area (Å²) >= 11 is 0. The van der Waals surface area contributed by atoms with Gasteiger partial charge in [-0.15, -0.1) is 10.2 Å². The van der Waals surface area contributed by atoms with Crippen LogP contribution in [-0.2, 0) is 7.05 Å². The lowest BCUT2D eigenvalue weighted by Crippen LogP contribution is -2.11. The summed E-state index contributed by atoms with van der Waals surface area (Å²) in [4.78, 5) is 28.3. The summed E-state index contributed by atoms with van der Waals surface area (Å²) in [5, 5.41) is 11.0. The Morgan fingerprint density at radius 2 is 1.93 bits per heavy atom. The van der Waals surface area contributed by atoms with Crippen LogP contribution in [0.25, 0.3) is 28.3 Å². The van der Waals surface area contributed by atoms with Crippen molar-refractivity contribution in [1.29, 1.82) is 0 Å². The van der Waals surface area contributed by atoms with Gasteiger partial charge in [-0.3, -0.25) is 13.8 Å². The van der Waals surface area contributed by atoms with E-state index < -0.39 is 5.76 Å². The highest BCUT2D eigenvalue weighted by atomic mass is 16.4. The van der Waals surface area contributed by atoms with Crippen LogP contribution in [0.3, 0.4) is 0 Å². The molecule has 5 aromatic rings. The van der Waals surface area contributed by atoms with Gasteiger partial charge in [0.25, 0.3) is 11.7 Å². The van der Waals surface area contributed by atoms with Crippen molar-refractivity contribution in [2.45, 2.75) is 0 Å². The van der Waals surface area contributed by atoms with Gasteiger partial charge in [0.05, 0.1) is 5.52 Å². The number of hydrogen-bond acceptors (Lipinski definition) is 6. The Morgan fingerprint density at radius 1 is 1.10 bits per heavy atom. The normalized spacial score (nSPS) is 11.2. The van der Waals surface area contributed by atoms with Crippen molar-refractivity contribution in [2.24, 2.45) is 7.05 Å². The summed E-state index contributed by atoms with van der Waals surface area (Å²) in [5.74, 6) is 0.425. The molecule has 2 aromatic carbocycles. The largest absolute Gasteiger partial charge is 0.419 e. The lowest BCUT2D eigenvalue weighted by atomic mass is 10.1. The third-order valence-corrected chi connectivity index (χ3v) is 4.64. The van der Waals surface area contributed by atoms with Gasteiger partial charge in [-0.2, -0.15) is 0 Å². The van der Waals surface area contributed by atoms with Crippen molar-refractivity contribution in [3.05, 3.63) is 77.0 Å². The quantitative estimate of drug-likeness (QED) is 0.510. The van der Waals surface area contributed by atoms with Gasteiger partial charge in [0.15, 0.2) is 11.4 Å². The van der Waals surface area contributed by atoms with E-state index in [-0.39, 0.29) is 5.91 Å². The number of anilines is 1. The second-order valence-electron chi connectivity index (χ2n) is 6.45. The summed E-state index contributed by atoms with van der Waals surface area (Å²) < 4.78 is 8.34. The maximum Gasteiger partial charge on any atom is 0.419 e. The summed E-state index contributed by atoms with van der Waals surface area (Å²) in [7, 11) is 1.63. The monoisotopic (exact) mass is 386 g/mol. The Kier molecular flexibility index (Phi) is 3.73. The van der Waals surface area contributed by atoms with E-state index in [9.17, 15) is 9.59 Å². The predicted molar refractivity (Wildman–Crippen MR) is 106 cm³/mol. The van der Waals surface area contributed by atoms with E-state index in [1.165, 1.54) is 4.57 Å². The van der Waals surface area contributed by atoms with E-state index in [0.717, 1.165) is 5.56 Å². The fourth-order valence-corrected chi connectivity index (χ4v) is 3.13. The number of aromatic nitrogens is 5. The molecule has 0 aliphatic rings. The van der Waals surface area contributed by atoms with Crippen molar-refractivity contribution in [2.75, 3.05) is 5.32 Å². The van der Waals surface area contributed by atoms with E-state index in [2.05, 4.69) is 20.5 Å². The first kappa shape index (κ1) is 16.9. The zero-order valence-corrected chi connectivity index (χ0v) is 15.2. The second-order valence-corrected chi connectivity index (χ2v) is 6.45. The molecule has 9 nitrogen and oxygen atoms in total. The van der Waals surface area contributed by atoms with Gasteiger partial charge in [-0.05, 0) is 30.3 Å². The van der Waals surface area contributed by atoms with E-state index in [1.54, 1.807) is 66.2 Å². The number of nitrogens with zero attached hydrogens (tertiary/aromatic N) is 5. The van der Waals surface area contributed by atoms with Crippen molar-refractivity contribution in [3.8, 4) is 11.4 Å². The summed E-state index contributed by atoms with van der Waals surface area (Å²) in [5.41, 5.74) is 2.91. The zero-order chi connectivity index (χ0) is 20.0. The van der Waals surface area contributed by atoms with Crippen molar-refractivity contribution in [1.82, 2.24) is 24.1 Å². The Labute approximate surface area is 163 Å². The number of rotatable bonds is 3. The number of carbonyl (C=O) groups excluding carboxylic acids is 1. The van der Waals surface area contributed by atoms with Crippen molar-refractivity contribution < 1.29 is 9.21 Å². The van der Waals surface area contributed by atoms with Crippen LogP contribution in [0.2, 0.25) is 0 Å². The summed E-state index contributed by atoms with van der Waals surface area (Å²) in [6.45, 7) is 0. The van der Waals surface area contributed by atoms with Crippen LogP contribution in [0.15, 0.2) is 70.1 Å². The van der Waals surface area contributed by atoms with Gasteiger partial charge in [-0.1, -0.05) is 12.1 Å². The fourth-order valence-electron chi connectivity index (χ4n) is 3.13. The maximum atomic E-state index is 12.6. The number of benzene rings is 2. The van der Waals surface area contributed by atoms with Crippen LogP contribution in [0.4, 0.5) is 5.69 Å². The molecule has 3 heterocycles. The van der Waals surface area contributed by atoms with Crippen molar-refractivity contribution in [3.63, 3.8) is 0 Å². The molecule has 0 saturated carbocycles. The standard InChI is InChI=1S/C20H14N6O3/c1-25-15-8-7-14(11-16(15)29-20(25)28)22-18(27)13-5-3-12(4-6-13)17-23-24-19-21-9-2-10-26(17)19/h2-11H,1H3,(H,22,27). The molecule has 0 atom stereocenters. The van der Waals surface area contributed by atoms with Gasteiger partial charge in [0.2, 0.25) is 0 Å². The first-order valence-electron chi connectivity index (χ1n) is 8.77. The minimum absolute atomic E-state index is 0.276. The number of fused-ring (bicyclic) bond motifs is 2. The number of carbonyl (C=O) groups is 1. The Morgan fingerprint density at radius 3 is 2.76 bits per heavy atom. The molecule has 0 aliphatic heterocycles. The van der Waals surface area contributed by atoms with Crippen LogP contribution in [0, 0.1) is 0 Å². The lowest BCUT2D eigenvalue weighted by molar-refractivity contribution is 0.102. The Hall–Kier alpha value is -4.27. The van der Waals surface area contributed by atoms with E-state index in [4.69, 9.17) is 4.42 Å². The molecule has 0 fully saturated rings. The van der Waals surface area contributed by atoms with E-state index >= 15 is 0 Å². The second kappa shape index (κ2) is 6.41. The fraction of sp³-hybridized carbons (Fsp3) is 0.0500. The van der Waals surface area contributed by atoms with Crippen LogP contribution < -0.4 is 11.1 Å². The molecule has 0 bridgehead atoms. The minimum Gasteiger partial charge on any atom is -0.408 e. The zero-order valence-electron chi connectivity index (χ0n) is 15.2. The van der Waals surface area contributed by atoms with E-state index in [0.29, 0.717) is 34.0 Å². The van der Waals surface area contributed by atoms with Gasteiger partial charge in [0, 0.05) is 42.3 Å². The lowest BCUT2D eigenvalue weighted by Gasteiger charge is -2.06. The molecule has 0 spiro atoms. The number of amides is 1. The van der Waals surface area contributed by atoms with Crippen LogP contribution in [0.1, 0.15) is 10.4 Å². The van der Waals surface area contributed by atoms with Crippen molar-refractivity contribution >= 4 is 28.5 Å². The number of oxazole rings is 1. The highest BCUT2D eigenvalue weighted by Crippen LogP contribution is 2.21. The molecule has 0 radical (unpaired) electrons.